The zero-order chi connectivity index (χ0) is 14.5. The Kier molecular flexibility index (Phi) is 4.34. The molecule has 0 radical (unpaired) electrons. The van der Waals surface area contributed by atoms with Gasteiger partial charge in [-0.3, -0.25) is 0 Å². The second kappa shape index (κ2) is 6.57. The van der Waals surface area contributed by atoms with Crippen LogP contribution in [0.15, 0.2) is 88.9 Å². The van der Waals surface area contributed by atoms with Gasteiger partial charge in [0.1, 0.15) is 5.03 Å². The van der Waals surface area contributed by atoms with E-state index in [4.69, 9.17) is 5.73 Å². The Hall–Kier alpha value is -2.10. The minimum absolute atomic E-state index is 0.130. The van der Waals surface area contributed by atoms with Crippen LogP contribution in [0.4, 0.5) is 0 Å². The van der Waals surface area contributed by atoms with Gasteiger partial charge in [0.15, 0.2) is 0 Å². The highest BCUT2D eigenvalue weighted by Gasteiger charge is 2.09. The van der Waals surface area contributed by atoms with Gasteiger partial charge in [-0.25, -0.2) is 4.98 Å². The second-order valence-electron chi connectivity index (χ2n) is 4.73. The predicted octanol–water partition coefficient (Wildman–Crippen LogP) is 4.28. The van der Waals surface area contributed by atoms with Gasteiger partial charge in [-0.05, 0) is 29.3 Å². The molecule has 2 aromatic carbocycles. The number of aromatic nitrogens is 1. The van der Waals surface area contributed by atoms with Crippen molar-refractivity contribution in [2.75, 3.05) is 0 Å². The zero-order valence-electron chi connectivity index (χ0n) is 11.5. The molecule has 1 aromatic heterocycles. The van der Waals surface area contributed by atoms with Gasteiger partial charge in [0.05, 0.1) is 6.04 Å². The average molecular weight is 292 g/mol. The summed E-state index contributed by atoms with van der Waals surface area (Å²) in [5.74, 6) is 0. The second-order valence-corrected chi connectivity index (χ2v) is 5.83. The molecule has 1 heterocycles. The summed E-state index contributed by atoms with van der Waals surface area (Å²) in [6, 6.07) is 24.3. The number of nitrogens with two attached hydrogens (primary N) is 1. The summed E-state index contributed by atoms with van der Waals surface area (Å²) in [5.41, 5.74) is 8.40. The molecular formula is C18H16N2S. The van der Waals surface area contributed by atoms with Gasteiger partial charge in [0, 0.05) is 11.1 Å². The molecular weight excluding hydrogens is 276 g/mol. The number of benzene rings is 2. The lowest BCUT2D eigenvalue weighted by atomic mass is 10.0. The fraction of sp³-hybridized carbons (Fsp3) is 0.0556. The topological polar surface area (TPSA) is 38.9 Å². The normalized spacial score (nSPS) is 12.0. The van der Waals surface area contributed by atoms with Gasteiger partial charge >= 0.3 is 0 Å². The van der Waals surface area contributed by atoms with E-state index in [9.17, 15) is 0 Å². The van der Waals surface area contributed by atoms with E-state index in [-0.39, 0.29) is 6.04 Å². The highest BCUT2D eigenvalue weighted by molar-refractivity contribution is 7.99. The predicted molar refractivity (Wildman–Crippen MR) is 87.3 cm³/mol. The van der Waals surface area contributed by atoms with Crippen LogP contribution in [-0.2, 0) is 0 Å². The molecule has 2 N–H and O–H groups in total. The largest absolute Gasteiger partial charge is 0.320 e. The van der Waals surface area contributed by atoms with Crippen molar-refractivity contribution in [1.29, 1.82) is 0 Å². The van der Waals surface area contributed by atoms with Crippen molar-refractivity contribution in [3.63, 3.8) is 0 Å². The Morgan fingerprint density at radius 3 is 2.05 bits per heavy atom. The molecule has 0 aliphatic rings. The molecule has 0 aliphatic carbocycles. The summed E-state index contributed by atoms with van der Waals surface area (Å²) in [7, 11) is 0. The molecule has 0 aliphatic heterocycles. The van der Waals surface area contributed by atoms with Crippen molar-refractivity contribution in [1.82, 2.24) is 4.98 Å². The molecule has 0 spiro atoms. The Bertz CT molecular complexity index is 681. The van der Waals surface area contributed by atoms with E-state index in [1.165, 1.54) is 4.90 Å². The fourth-order valence-corrected chi connectivity index (χ4v) is 2.87. The monoisotopic (exact) mass is 292 g/mol. The summed E-state index contributed by atoms with van der Waals surface area (Å²) in [6.45, 7) is 0. The van der Waals surface area contributed by atoms with Crippen molar-refractivity contribution in [3.8, 4) is 0 Å². The van der Waals surface area contributed by atoms with E-state index < -0.39 is 0 Å². The van der Waals surface area contributed by atoms with Crippen LogP contribution in [0.1, 0.15) is 17.2 Å². The molecule has 2 nitrogen and oxygen atoms in total. The number of hydrogen-bond donors (Lipinski definition) is 1. The first-order chi connectivity index (χ1) is 10.3. The molecule has 21 heavy (non-hydrogen) atoms. The summed E-state index contributed by atoms with van der Waals surface area (Å²) in [4.78, 5) is 5.69. The quantitative estimate of drug-likeness (QED) is 0.780. The molecule has 0 saturated carbocycles. The van der Waals surface area contributed by atoms with E-state index in [1.807, 2.05) is 60.8 Å². The zero-order valence-corrected chi connectivity index (χ0v) is 12.3. The van der Waals surface area contributed by atoms with Gasteiger partial charge in [-0.1, -0.05) is 66.4 Å². The first-order valence-electron chi connectivity index (χ1n) is 6.82. The minimum atomic E-state index is -0.130. The maximum absolute atomic E-state index is 6.27. The third kappa shape index (κ3) is 3.51. The van der Waals surface area contributed by atoms with E-state index in [1.54, 1.807) is 11.8 Å². The van der Waals surface area contributed by atoms with Crippen LogP contribution < -0.4 is 5.73 Å². The van der Waals surface area contributed by atoms with E-state index in [0.29, 0.717) is 0 Å². The number of rotatable bonds is 4. The van der Waals surface area contributed by atoms with Crippen LogP contribution in [0.5, 0.6) is 0 Å². The van der Waals surface area contributed by atoms with Gasteiger partial charge < -0.3 is 5.73 Å². The third-order valence-corrected chi connectivity index (χ3v) is 4.20. The molecule has 0 amide bonds. The molecule has 1 atom stereocenters. The average Bonchev–Trinajstić information content (AvgIpc) is 2.57. The van der Waals surface area contributed by atoms with Gasteiger partial charge in [0.25, 0.3) is 0 Å². The van der Waals surface area contributed by atoms with Crippen molar-refractivity contribution < 1.29 is 0 Å². The maximum Gasteiger partial charge on any atom is 0.101 e. The highest BCUT2D eigenvalue weighted by atomic mass is 32.2. The number of nitrogens with zero attached hydrogens (tertiary/aromatic N) is 1. The van der Waals surface area contributed by atoms with Crippen LogP contribution in [0, 0.1) is 0 Å². The van der Waals surface area contributed by atoms with Gasteiger partial charge in [-0.2, -0.15) is 0 Å². The first kappa shape index (κ1) is 13.9. The smallest absolute Gasteiger partial charge is 0.101 e. The highest BCUT2D eigenvalue weighted by Crippen LogP contribution is 2.27. The summed E-state index contributed by atoms with van der Waals surface area (Å²) in [5, 5.41) is 0.977. The Balaban J connectivity index is 1.75. The standard InChI is InChI=1S/C18H16N2S/c19-18(14-7-3-1-4-8-14)15-11-12-17(20-13-15)21-16-9-5-2-6-10-16/h1-13,18H,19H2/t18-/m1/s1. The first-order valence-corrected chi connectivity index (χ1v) is 7.64. The molecule has 3 heteroatoms. The van der Waals surface area contributed by atoms with Gasteiger partial charge in [-0.15, -0.1) is 0 Å². The van der Waals surface area contributed by atoms with E-state index >= 15 is 0 Å². The van der Waals surface area contributed by atoms with E-state index in [2.05, 4.69) is 23.2 Å². The maximum atomic E-state index is 6.27. The van der Waals surface area contributed by atoms with Crippen LogP contribution >= 0.6 is 11.8 Å². The van der Waals surface area contributed by atoms with Crippen LogP contribution in [0.2, 0.25) is 0 Å². The molecule has 3 rings (SSSR count). The lowest BCUT2D eigenvalue weighted by Gasteiger charge is -2.12. The molecule has 104 valence electrons. The SMILES string of the molecule is N[C@H](c1ccccc1)c1ccc(Sc2ccccc2)nc1. The molecule has 0 unspecified atom stereocenters. The molecule has 3 aromatic rings. The Morgan fingerprint density at radius 2 is 1.43 bits per heavy atom. The number of pyridine rings is 1. The Morgan fingerprint density at radius 1 is 0.762 bits per heavy atom. The third-order valence-electron chi connectivity index (χ3n) is 3.24. The van der Waals surface area contributed by atoms with Gasteiger partial charge in [0.2, 0.25) is 0 Å². The van der Waals surface area contributed by atoms with E-state index in [0.717, 1.165) is 16.2 Å². The van der Waals surface area contributed by atoms with Crippen molar-refractivity contribution in [3.05, 3.63) is 90.1 Å². The van der Waals surface area contributed by atoms with Crippen LogP contribution in [0.3, 0.4) is 0 Å². The van der Waals surface area contributed by atoms with Crippen molar-refractivity contribution in [2.45, 2.75) is 16.0 Å². The summed E-state index contributed by atoms with van der Waals surface area (Å²) >= 11 is 1.65. The molecule has 0 saturated heterocycles. The van der Waals surface area contributed by atoms with Crippen LogP contribution in [-0.4, -0.2) is 4.98 Å². The van der Waals surface area contributed by atoms with Crippen molar-refractivity contribution in [2.24, 2.45) is 5.73 Å². The lowest BCUT2D eigenvalue weighted by molar-refractivity contribution is 0.855. The molecule has 0 fully saturated rings. The summed E-state index contributed by atoms with van der Waals surface area (Å²) in [6.07, 6.45) is 1.86. The van der Waals surface area contributed by atoms with Crippen molar-refractivity contribution >= 4 is 11.8 Å². The lowest BCUT2D eigenvalue weighted by Crippen LogP contribution is -2.11. The number of hydrogen-bond acceptors (Lipinski definition) is 3. The minimum Gasteiger partial charge on any atom is -0.320 e. The summed E-state index contributed by atoms with van der Waals surface area (Å²) < 4.78 is 0. The van der Waals surface area contributed by atoms with Crippen LogP contribution in [0.25, 0.3) is 0 Å². The Labute approximate surface area is 129 Å². The fourth-order valence-electron chi connectivity index (χ4n) is 2.10. The molecule has 0 bridgehead atoms.